The number of methoxy groups -OCH3 is 2. The van der Waals surface area contributed by atoms with Crippen LogP contribution < -0.4 is 25.0 Å². The zero-order chi connectivity index (χ0) is 41.0. The van der Waals surface area contributed by atoms with Crippen molar-refractivity contribution in [3.05, 3.63) is 80.2 Å². The third-order valence-electron chi connectivity index (χ3n) is 11.9. The Morgan fingerprint density at radius 1 is 1.00 bits per heavy atom. The Bertz CT molecular complexity index is 2160. The summed E-state index contributed by atoms with van der Waals surface area (Å²) in [5.74, 6) is -3.39. The van der Waals surface area contributed by atoms with E-state index in [-0.39, 0.29) is 29.5 Å². The molecule has 14 nitrogen and oxygen atoms in total. The van der Waals surface area contributed by atoms with Crippen molar-refractivity contribution < 1.29 is 42.5 Å². The van der Waals surface area contributed by atoms with Crippen molar-refractivity contribution in [1.29, 1.82) is 0 Å². The molecular formula is C41H47F2N7O7S. The third kappa shape index (κ3) is 7.40. The van der Waals surface area contributed by atoms with Crippen molar-refractivity contribution in [2.75, 3.05) is 72.5 Å². The molecule has 0 aliphatic carbocycles. The molecule has 308 valence electrons. The summed E-state index contributed by atoms with van der Waals surface area (Å²) in [7, 11) is 6.56. The van der Waals surface area contributed by atoms with Crippen LogP contribution in [0.25, 0.3) is 5.57 Å². The first-order chi connectivity index (χ1) is 27.7. The van der Waals surface area contributed by atoms with Crippen LogP contribution in [0.5, 0.6) is 11.5 Å². The predicted octanol–water partition coefficient (Wildman–Crippen LogP) is 3.24. The number of thiophene rings is 1. The smallest absolute Gasteiger partial charge is 0.280 e. The van der Waals surface area contributed by atoms with Crippen LogP contribution in [0.15, 0.2) is 42.6 Å². The highest BCUT2D eigenvalue weighted by atomic mass is 32.1. The first kappa shape index (κ1) is 39.7. The van der Waals surface area contributed by atoms with Gasteiger partial charge in [-0.2, -0.15) is 0 Å². The van der Waals surface area contributed by atoms with Crippen LogP contribution >= 0.6 is 11.3 Å². The largest absolute Gasteiger partial charge is 0.496 e. The normalized spacial score (nSPS) is 23.6. The van der Waals surface area contributed by atoms with Crippen molar-refractivity contribution in [2.24, 2.45) is 0 Å². The molecule has 3 atom stereocenters. The number of rotatable bonds is 9. The van der Waals surface area contributed by atoms with Gasteiger partial charge >= 0.3 is 0 Å². The van der Waals surface area contributed by atoms with E-state index in [0.717, 1.165) is 65.5 Å². The van der Waals surface area contributed by atoms with Gasteiger partial charge in [-0.05, 0) is 67.4 Å². The van der Waals surface area contributed by atoms with Gasteiger partial charge in [0.2, 0.25) is 11.8 Å². The Hall–Kier alpha value is -5.10. The minimum Gasteiger partial charge on any atom is -0.496 e. The third-order valence-corrected chi connectivity index (χ3v) is 13.0. The minimum atomic E-state index is -3.07. The first-order valence-corrected chi connectivity index (χ1v) is 20.2. The van der Waals surface area contributed by atoms with Gasteiger partial charge in [0.15, 0.2) is 6.23 Å². The van der Waals surface area contributed by atoms with Gasteiger partial charge in [0.05, 0.1) is 37.2 Å². The summed E-state index contributed by atoms with van der Waals surface area (Å²) in [5, 5.41) is 16.0. The average Bonchev–Trinajstić information content (AvgIpc) is 3.79. The summed E-state index contributed by atoms with van der Waals surface area (Å²) in [4.78, 5) is 61.0. The van der Waals surface area contributed by atoms with Gasteiger partial charge in [-0.1, -0.05) is 0 Å². The molecule has 0 spiro atoms. The molecule has 2 aromatic carbocycles. The molecular weight excluding hydrogens is 773 g/mol. The zero-order valence-corrected chi connectivity index (χ0v) is 33.7. The molecule has 3 N–H and O–H groups in total. The molecule has 4 amide bonds. The Morgan fingerprint density at radius 2 is 1.72 bits per heavy atom. The lowest BCUT2D eigenvalue weighted by Gasteiger charge is -2.36. The summed E-state index contributed by atoms with van der Waals surface area (Å²) in [6.07, 6.45) is 1.42. The summed E-state index contributed by atoms with van der Waals surface area (Å²) >= 11 is 1.15. The minimum absolute atomic E-state index is 0.130. The molecule has 6 heterocycles. The second-order valence-electron chi connectivity index (χ2n) is 15.7. The quantitative estimate of drug-likeness (QED) is 0.274. The van der Waals surface area contributed by atoms with E-state index in [4.69, 9.17) is 9.47 Å². The lowest BCUT2D eigenvalue weighted by atomic mass is 9.96. The number of imide groups is 1. The van der Waals surface area contributed by atoms with Crippen LogP contribution in [0.3, 0.4) is 0 Å². The number of ether oxygens (including phenoxy) is 2. The number of halogens is 2. The number of likely N-dealkylation sites (tertiary alicyclic amines) is 1. The van der Waals surface area contributed by atoms with Crippen molar-refractivity contribution in [1.82, 2.24) is 30.2 Å². The highest BCUT2D eigenvalue weighted by Gasteiger charge is 2.45. The lowest BCUT2D eigenvalue weighted by Crippen LogP contribution is -2.57. The number of piperazine rings is 1. The van der Waals surface area contributed by atoms with Crippen LogP contribution in [0, 0.1) is 0 Å². The standard InChI is InChI=1S/C41H47F2N7O7S/c1-46-10-9-34(41(42,43)22-46)44-38(53)33-18-27-36(58-33)28(20-47(2)39(27)54)23-16-31(56-3)29(32(17-23)57-4)21-48-11-13-49(14-12-48)25-5-6-26-24(15-25)19-50(40(26)55)30-7-8-35(51)45-37(30)52/h5-6,15-18,20,30,34,39,54H,7-14,19,21-22H2,1-4H3,(H,44,53)(H,45,51,52). The topological polar surface area (TPSA) is 147 Å². The van der Waals surface area contributed by atoms with Crippen LogP contribution in [-0.2, 0) is 22.7 Å². The fourth-order valence-electron chi connectivity index (χ4n) is 8.63. The maximum atomic E-state index is 14.8. The molecule has 3 fully saturated rings. The average molecular weight is 820 g/mol. The number of fused-ring (bicyclic) bond motifs is 2. The highest BCUT2D eigenvalue weighted by molar-refractivity contribution is 7.15. The van der Waals surface area contributed by atoms with E-state index in [1.807, 2.05) is 30.3 Å². The maximum Gasteiger partial charge on any atom is 0.280 e. The zero-order valence-electron chi connectivity index (χ0n) is 32.8. The molecule has 8 rings (SSSR count). The number of nitrogens with one attached hydrogen (secondary N) is 2. The number of piperidine rings is 2. The van der Waals surface area contributed by atoms with Gasteiger partial charge in [-0.25, -0.2) is 8.78 Å². The number of amides is 4. The summed E-state index contributed by atoms with van der Waals surface area (Å²) in [6.45, 7) is 3.85. The first-order valence-electron chi connectivity index (χ1n) is 19.4. The lowest BCUT2D eigenvalue weighted by molar-refractivity contribution is -0.136. The van der Waals surface area contributed by atoms with Gasteiger partial charge in [0.1, 0.15) is 17.5 Å². The number of nitrogens with zero attached hydrogens (tertiary/aromatic N) is 5. The van der Waals surface area contributed by atoms with E-state index < -0.39 is 42.6 Å². The van der Waals surface area contributed by atoms with Crippen molar-refractivity contribution in [2.45, 2.75) is 56.6 Å². The van der Waals surface area contributed by atoms with Crippen LogP contribution in [0.2, 0.25) is 0 Å². The molecule has 3 aromatic rings. The number of hydrogen-bond acceptors (Lipinski definition) is 12. The molecule has 0 radical (unpaired) electrons. The number of carbonyl (C=O) groups is 4. The van der Waals surface area contributed by atoms with Gasteiger partial charge in [-0.15, -0.1) is 11.3 Å². The molecule has 3 saturated heterocycles. The van der Waals surface area contributed by atoms with Crippen LogP contribution in [0.1, 0.15) is 72.7 Å². The fourth-order valence-corrected chi connectivity index (χ4v) is 9.75. The summed E-state index contributed by atoms with van der Waals surface area (Å²) < 4.78 is 41.5. The van der Waals surface area contributed by atoms with Gasteiger partial charge < -0.3 is 39.5 Å². The number of aliphatic hydroxyl groups excluding tert-OH is 1. The highest BCUT2D eigenvalue weighted by Crippen LogP contribution is 2.44. The molecule has 17 heteroatoms. The number of aliphatic hydroxyl groups is 1. The predicted molar refractivity (Wildman–Crippen MR) is 212 cm³/mol. The number of anilines is 1. The Kier molecular flexibility index (Phi) is 10.7. The van der Waals surface area contributed by atoms with E-state index in [0.29, 0.717) is 53.6 Å². The van der Waals surface area contributed by atoms with Crippen molar-refractivity contribution in [3.63, 3.8) is 0 Å². The van der Waals surface area contributed by atoms with Crippen LogP contribution in [-0.4, -0.2) is 134 Å². The SMILES string of the molecule is COc1cc(C2=CN(C)C(O)c3cc(C(=O)NC4CCN(C)CC4(F)F)sc32)cc(OC)c1CN1CCN(c2ccc3c(c2)CN(C2CCC(=O)NC2=O)C3=O)CC1. The molecule has 58 heavy (non-hydrogen) atoms. The van der Waals surface area contributed by atoms with Crippen LogP contribution in [0.4, 0.5) is 14.5 Å². The van der Waals surface area contributed by atoms with E-state index >= 15 is 0 Å². The Labute approximate surface area is 338 Å². The van der Waals surface area contributed by atoms with E-state index in [1.54, 1.807) is 55.3 Å². The second-order valence-corrected chi connectivity index (χ2v) is 16.7. The van der Waals surface area contributed by atoms with Crippen molar-refractivity contribution >= 4 is 46.2 Å². The summed E-state index contributed by atoms with van der Waals surface area (Å²) in [5.41, 5.74) is 5.28. The Balaban J connectivity index is 0.958. The van der Waals surface area contributed by atoms with E-state index in [1.165, 1.54) is 0 Å². The molecule has 0 bridgehead atoms. The molecule has 1 aromatic heterocycles. The molecule has 0 saturated carbocycles. The van der Waals surface area contributed by atoms with E-state index in [9.17, 15) is 33.1 Å². The number of hydrogen-bond donors (Lipinski definition) is 3. The second kappa shape index (κ2) is 15.6. The Morgan fingerprint density at radius 3 is 2.40 bits per heavy atom. The fraction of sp³-hybridized carbons (Fsp3) is 0.463. The number of benzene rings is 2. The molecule has 5 aliphatic heterocycles. The molecule has 3 unspecified atom stereocenters. The monoisotopic (exact) mass is 819 g/mol. The summed E-state index contributed by atoms with van der Waals surface area (Å²) in [6, 6.07) is 9.27. The van der Waals surface area contributed by atoms with E-state index in [2.05, 4.69) is 20.4 Å². The van der Waals surface area contributed by atoms with Gasteiger partial charge in [-0.3, -0.25) is 29.4 Å². The van der Waals surface area contributed by atoms with Gasteiger partial charge in [0, 0.05) is 92.7 Å². The maximum absolute atomic E-state index is 14.8. The number of carbonyl (C=O) groups excluding carboxylic acids is 4. The number of alkyl halides is 2. The van der Waals surface area contributed by atoms with Crippen molar-refractivity contribution in [3.8, 4) is 11.5 Å². The molecule has 5 aliphatic rings. The van der Waals surface area contributed by atoms with Gasteiger partial charge in [0.25, 0.3) is 17.7 Å².